The van der Waals surface area contributed by atoms with Gasteiger partial charge in [-0.1, -0.05) is 127 Å². The lowest BCUT2D eigenvalue weighted by atomic mass is 10.0. The Morgan fingerprint density at radius 1 is 0.418 bits per heavy atom. The van der Waals surface area contributed by atoms with Crippen LogP contribution in [0.1, 0.15) is 172 Å². The summed E-state index contributed by atoms with van der Waals surface area (Å²) in [5.41, 5.74) is 78.9. The quantitative estimate of drug-likeness (QED) is 0.0124. The molecule has 0 spiro atoms. The van der Waals surface area contributed by atoms with Gasteiger partial charge in [-0.15, -0.1) is 0 Å². The number of carbonyl (C=O) groups is 5. The van der Waals surface area contributed by atoms with Gasteiger partial charge in [0.1, 0.15) is 24.7 Å². The van der Waals surface area contributed by atoms with Crippen molar-refractivity contribution in [3.05, 3.63) is 174 Å². The molecule has 33 N–H and O–H groups in total. The van der Waals surface area contributed by atoms with Crippen LogP contribution in [0, 0.1) is 5.41 Å². The van der Waals surface area contributed by atoms with Crippen LogP contribution in [0.2, 0.25) is 20.6 Å². The Labute approximate surface area is 725 Å². The Morgan fingerprint density at radius 3 is 1.09 bits per heavy atom. The van der Waals surface area contributed by atoms with Crippen LogP contribution in [-0.2, 0) is 25.7 Å². The monoisotopic (exact) mass is 1760 g/mol. The second kappa shape index (κ2) is 52.6. The van der Waals surface area contributed by atoms with Gasteiger partial charge in [-0.3, -0.25) is 70.2 Å². The predicted octanol–water partition coefficient (Wildman–Crippen LogP) is 5.88. The van der Waals surface area contributed by atoms with Crippen molar-refractivity contribution in [3.63, 3.8) is 0 Å². The Hall–Kier alpha value is -13.3. The molecule has 8 aromatic rings. The van der Waals surface area contributed by atoms with Crippen molar-refractivity contribution in [2.75, 3.05) is 98.4 Å². The van der Waals surface area contributed by atoms with Gasteiger partial charge in [0, 0.05) is 44.0 Å². The predicted molar refractivity (Wildman–Crippen MR) is 481 cm³/mol. The standard InChI is InChI=1S/C20H28ClN9O2.C20H27ClN8O2.C20H28ClN7O3.C18H23ClN8O/c1-12(22)26-10-11-32-14-7-5-13(6-8-14)4-2-3-9-27-20(25)30-19(31)15-17(23)29-18(24)16(21)28-15;1-2-10-25-18(30)13-8-6-12(7-9-13)5-3-4-11-26-20(24)29-19(31)14-16(22)28-17(23)15(21)27-14;1-2-13(29)11-31-14-9-4-3-7-12(14)8-5-6-10-25-20(24)28-19(30)15-17(22)27-18(23)16(21)26-15;1-10(20)12-7-5-11(6-8-12)4-2-3-9-24-18(23)27-17(28)13-15(21)26-16(22)14(19)25-13/h5-8H,2-4,9-11H2,1H3,(H2,22,26)(H4,23,24,29)(H3,25,27,30,31);6-9H,2-5,10-11H2,1H3,(H,25,30)(H4,22,23,28)(H3,24,26,29,31);3-4,7,9,13,29H,2,5-6,8,10-11H2,1H3,(H4,22,23,27)(H3,24,25,28,30);5-8,20H,2-4,9H2,1H3,(H4,21,22,26)(H3,23,24,27,28). The van der Waals surface area contributed by atoms with E-state index in [1.807, 2.05) is 111 Å². The van der Waals surface area contributed by atoms with E-state index in [9.17, 15) is 29.1 Å². The Bertz CT molecular complexity index is 4960. The van der Waals surface area contributed by atoms with Crippen molar-refractivity contribution in [1.29, 1.82) is 5.41 Å². The molecule has 5 amide bonds. The molecule has 654 valence electrons. The molecule has 0 aliphatic carbocycles. The lowest BCUT2D eigenvalue weighted by molar-refractivity contribution is 0.0948. The number of anilines is 8. The molecular weight excluding hydrogens is 1650 g/mol. The highest BCUT2D eigenvalue weighted by Gasteiger charge is 2.22. The van der Waals surface area contributed by atoms with Crippen molar-refractivity contribution >= 4 is 158 Å². The zero-order chi connectivity index (χ0) is 89.8. The van der Waals surface area contributed by atoms with E-state index in [-0.39, 0.29) is 126 Å². The number of aryl methyl sites for hydroxylation is 4. The molecule has 4 aromatic carbocycles. The van der Waals surface area contributed by atoms with Gasteiger partial charge in [-0.05, 0) is 162 Å². The first-order valence-corrected chi connectivity index (χ1v) is 39.9. The molecule has 1 atom stereocenters. The SMILES string of the molecule is CC(=N)c1ccc(CCCCN=C(N)NC(=O)c2nc(Cl)c(N)nc2N)cc1.CC(N)=NCCOc1ccc(CCCCN=C(N)NC(=O)c2nc(Cl)c(N)nc2N)cc1.CCC(O)COc1ccccc1CCCCN=C(N)NC(=O)c1nc(Cl)c(N)nc1N.CCCNC(=O)c1ccc(CCCCN=C(N)NC(=O)c2nc(Cl)c(N)nc2N)cc1. The van der Waals surface area contributed by atoms with E-state index in [2.05, 4.69) is 91.4 Å². The van der Waals surface area contributed by atoms with Gasteiger partial charge < -0.3 is 99.8 Å². The smallest absolute Gasteiger partial charge is 0.280 e. The summed E-state index contributed by atoms with van der Waals surface area (Å²) < 4.78 is 11.3. The summed E-state index contributed by atoms with van der Waals surface area (Å²) in [6.45, 7) is 11.1. The number of nitrogen functional groups attached to an aromatic ring is 8. The number of aliphatic imine (C=N–C) groups is 5. The molecule has 122 heavy (non-hydrogen) atoms. The van der Waals surface area contributed by atoms with Crippen LogP contribution in [0.4, 0.5) is 46.5 Å². The third-order valence-electron chi connectivity index (χ3n) is 16.7. The normalized spacial score (nSPS) is 11.7. The number of amidine groups is 1. The number of benzene rings is 4. The molecule has 0 aliphatic rings. The van der Waals surface area contributed by atoms with Crippen molar-refractivity contribution in [2.45, 2.75) is 124 Å². The van der Waals surface area contributed by atoms with Crippen molar-refractivity contribution < 1.29 is 38.6 Å². The summed E-state index contributed by atoms with van der Waals surface area (Å²) in [4.78, 5) is 111. The molecule has 4 heterocycles. The van der Waals surface area contributed by atoms with E-state index in [1.54, 1.807) is 13.8 Å². The van der Waals surface area contributed by atoms with Gasteiger partial charge in [0.25, 0.3) is 29.5 Å². The Kier molecular flexibility index (Phi) is 42.8. The van der Waals surface area contributed by atoms with Gasteiger partial charge >= 0.3 is 0 Å². The molecule has 1 unspecified atom stereocenters. The third kappa shape index (κ3) is 36.1. The van der Waals surface area contributed by atoms with E-state index < -0.39 is 29.7 Å². The van der Waals surface area contributed by atoms with Crippen LogP contribution in [0.15, 0.2) is 122 Å². The first-order valence-electron chi connectivity index (χ1n) is 38.3. The number of hydrogen-bond donors (Lipinski definition) is 20. The van der Waals surface area contributed by atoms with Gasteiger partial charge in [0.05, 0.1) is 18.5 Å². The number of nitrogens with two attached hydrogens (primary N) is 13. The third-order valence-corrected chi connectivity index (χ3v) is 17.8. The average Bonchev–Trinajstić information content (AvgIpc) is 0.844. The zero-order valence-electron chi connectivity index (χ0n) is 68.0. The molecule has 8 rings (SSSR count). The minimum atomic E-state index is -0.673. The number of amides is 5. The molecule has 4 aromatic heterocycles. The number of nitrogens with one attached hydrogen (secondary N) is 6. The van der Waals surface area contributed by atoms with Gasteiger partial charge in [-0.2, -0.15) is 0 Å². The maximum Gasteiger partial charge on any atom is 0.280 e. The minimum absolute atomic E-state index is 0.0371. The summed E-state index contributed by atoms with van der Waals surface area (Å²) >= 11 is 23.1. The number of carbonyl (C=O) groups excluding carboxylic acids is 5. The molecule has 0 aliphatic heterocycles. The van der Waals surface area contributed by atoms with Gasteiger partial charge in [0.2, 0.25) is 0 Å². The maximum absolute atomic E-state index is 12.2. The average molecular weight is 1760 g/mol. The highest BCUT2D eigenvalue weighted by molar-refractivity contribution is 6.33. The summed E-state index contributed by atoms with van der Waals surface area (Å²) in [5, 5.41) is 29.2. The summed E-state index contributed by atoms with van der Waals surface area (Å²) in [7, 11) is 0. The van der Waals surface area contributed by atoms with Crippen LogP contribution in [0.25, 0.3) is 0 Å². The fourth-order valence-electron chi connectivity index (χ4n) is 10.2. The number of aromatic nitrogens is 8. The molecule has 0 fully saturated rings. The Morgan fingerprint density at radius 2 is 0.754 bits per heavy atom. The first kappa shape index (κ1) is 99.3. The fraction of sp³-hybridized carbons (Fsp3) is 0.346. The molecular formula is C78H106Cl4N32O8. The lowest BCUT2D eigenvalue weighted by Crippen LogP contribution is -2.38. The number of rotatable bonds is 36. The van der Waals surface area contributed by atoms with Crippen molar-refractivity contribution in [1.82, 2.24) is 66.5 Å². The highest BCUT2D eigenvalue weighted by Crippen LogP contribution is 2.24. The summed E-state index contributed by atoms with van der Waals surface area (Å²) in [6, 6.07) is 31.1. The second-order valence-corrected chi connectivity index (χ2v) is 27.9. The van der Waals surface area contributed by atoms with E-state index in [4.69, 9.17) is 136 Å². The number of unbranched alkanes of at least 4 members (excludes halogenated alkanes) is 4. The van der Waals surface area contributed by atoms with Crippen LogP contribution in [-0.4, -0.2) is 168 Å². The number of halogens is 4. The van der Waals surface area contributed by atoms with Gasteiger partial charge in [-0.25, -0.2) is 39.9 Å². The van der Waals surface area contributed by atoms with Crippen LogP contribution in [0.5, 0.6) is 11.5 Å². The molecule has 0 saturated carbocycles. The molecule has 0 radical (unpaired) electrons. The number of ether oxygens (including phenoxy) is 2. The largest absolute Gasteiger partial charge is 0.492 e. The van der Waals surface area contributed by atoms with E-state index in [1.165, 1.54) is 11.1 Å². The lowest BCUT2D eigenvalue weighted by Gasteiger charge is -2.13. The molecule has 44 heteroatoms. The summed E-state index contributed by atoms with van der Waals surface area (Å²) in [5.74, 6) is -1.64. The molecule has 0 saturated heterocycles. The minimum Gasteiger partial charge on any atom is -0.492 e. The fourth-order valence-corrected chi connectivity index (χ4v) is 10.7. The van der Waals surface area contributed by atoms with E-state index in [0.717, 1.165) is 112 Å². The van der Waals surface area contributed by atoms with E-state index in [0.29, 0.717) is 69.4 Å². The number of aliphatic hydroxyl groups excluding tert-OH is 1. The number of aliphatic hydroxyl groups is 1. The number of nitrogens with zero attached hydrogens (tertiary/aromatic N) is 13. The second-order valence-electron chi connectivity index (χ2n) is 26.5. The number of guanidine groups is 4. The molecule has 0 bridgehead atoms. The van der Waals surface area contributed by atoms with Crippen LogP contribution in [0.3, 0.4) is 0 Å². The maximum atomic E-state index is 12.2. The van der Waals surface area contributed by atoms with Gasteiger partial charge in [0.15, 0.2) is 114 Å². The first-order chi connectivity index (χ1) is 58.2. The Balaban J connectivity index is 0.000000289. The number of hydrogen-bond acceptors (Lipinski definition) is 30. The van der Waals surface area contributed by atoms with Crippen LogP contribution >= 0.6 is 46.4 Å². The van der Waals surface area contributed by atoms with Crippen LogP contribution < -0.4 is 111 Å². The highest BCUT2D eigenvalue weighted by atomic mass is 35.5. The molecule has 40 nitrogen and oxygen atoms in total. The van der Waals surface area contributed by atoms with E-state index >= 15 is 0 Å². The zero-order valence-corrected chi connectivity index (χ0v) is 71.0. The number of para-hydroxylation sites is 1. The van der Waals surface area contributed by atoms with Crippen molar-refractivity contribution in [2.24, 2.45) is 53.6 Å². The van der Waals surface area contributed by atoms with Crippen molar-refractivity contribution in [3.8, 4) is 11.5 Å². The summed E-state index contributed by atoms with van der Waals surface area (Å²) in [6.07, 6.45) is 11.1. The topological polar surface area (TPSA) is 711 Å².